The lowest BCUT2D eigenvalue weighted by Gasteiger charge is -2.33. The van der Waals surface area contributed by atoms with E-state index < -0.39 is 0 Å². The molecule has 3 nitrogen and oxygen atoms in total. The summed E-state index contributed by atoms with van der Waals surface area (Å²) in [5.41, 5.74) is 2.36. The molecule has 3 heteroatoms. The van der Waals surface area contributed by atoms with Crippen molar-refractivity contribution in [2.45, 2.75) is 90.4 Å². The fourth-order valence-electron chi connectivity index (χ4n) is 4.43. The van der Waals surface area contributed by atoms with Crippen LogP contribution in [0, 0.1) is 5.92 Å². The van der Waals surface area contributed by atoms with Crippen molar-refractivity contribution in [2.24, 2.45) is 5.92 Å². The van der Waals surface area contributed by atoms with E-state index in [1.54, 1.807) is 12.1 Å². The molecule has 1 aliphatic rings. The number of rotatable bonds is 8. The van der Waals surface area contributed by atoms with Gasteiger partial charge in [0.05, 0.1) is 0 Å². The standard InChI is InChI=1S/C24H36O3/c1-6-7-8-9-12-24(4,5)17-13-21(26)23(22(27)14-17)20-15-18(25)10-11-19(20)16(2)3/h13-14,19-20,26-27H,2,6-12,15H2,1,3-5H3/t19-,20+/m0/s1. The Kier molecular flexibility index (Phi) is 7.13. The van der Waals surface area contributed by atoms with Gasteiger partial charge in [0.1, 0.15) is 17.3 Å². The minimum absolute atomic E-state index is 0.109. The molecular formula is C24H36O3. The molecule has 0 heterocycles. The van der Waals surface area contributed by atoms with Crippen molar-refractivity contribution in [3.05, 3.63) is 35.4 Å². The monoisotopic (exact) mass is 372 g/mol. The lowest BCUT2D eigenvalue weighted by molar-refractivity contribution is -0.121. The molecule has 27 heavy (non-hydrogen) atoms. The minimum atomic E-state index is -0.189. The molecule has 1 aromatic carbocycles. The molecule has 1 aromatic rings. The molecule has 2 rings (SSSR count). The number of hydrogen-bond donors (Lipinski definition) is 2. The third-order valence-corrected chi connectivity index (χ3v) is 6.24. The SMILES string of the molecule is C=C(C)[C@@H]1CCC(=O)C[C@H]1c1c(O)cc(C(C)(C)CCCCCC)cc1O. The van der Waals surface area contributed by atoms with Crippen molar-refractivity contribution < 1.29 is 15.0 Å². The quantitative estimate of drug-likeness (QED) is 0.411. The van der Waals surface area contributed by atoms with E-state index in [0.29, 0.717) is 18.4 Å². The maximum atomic E-state index is 12.0. The highest BCUT2D eigenvalue weighted by molar-refractivity contribution is 5.81. The van der Waals surface area contributed by atoms with E-state index in [9.17, 15) is 15.0 Å². The summed E-state index contributed by atoms with van der Waals surface area (Å²) in [5.74, 6) is 0.338. The topological polar surface area (TPSA) is 57.5 Å². The maximum absolute atomic E-state index is 12.0. The summed E-state index contributed by atoms with van der Waals surface area (Å²) in [5, 5.41) is 21.6. The summed E-state index contributed by atoms with van der Waals surface area (Å²) in [6.07, 6.45) is 7.46. The van der Waals surface area contributed by atoms with Crippen molar-refractivity contribution >= 4 is 5.78 Å². The van der Waals surface area contributed by atoms with Gasteiger partial charge in [-0.25, -0.2) is 0 Å². The Balaban J connectivity index is 2.30. The third kappa shape index (κ3) is 5.15. The second-order valence-electron chi connectivity index (χ2n) is 8.96. The van der Waals surface area contributed by atoms with Gasteiger partial charge in [0.2, 0.25) is 0 Å². The van der Waals surface area contributed by atoms with Gasteiger partial charge in [-0.15, -0.1) is 0 Å². The number of Topliss-reactive ketones (excluding diaryl/α,β-unsaturated/α-hetero) is 1. The number of phenols is 2. The Bertz CT molecular complexity index is 664. The van der Waals surface area contributed by atoms with E-state index >= 15 is 0 Å². The van der Waals surface area contributed by atoms with Crippen LogP contribution in [-0.2, 0) is 10.2 Å². The average Bonchev–Trinajstić information content (AvgIpc) is 2.58. The van der Waals surface area contributed by atoms with Crippen molar-refractivity contribution in [1.29, 1.82) is 0 Å². The summed E-state index contributed by atoms with van der Waals surface area (Å²) in [7, 11) is 0. The summed E-state index contributed by atoms with van der Waals surface area (Å²) in [4.78, 5) is 12.0. The molecule has 0 bridgehead atoms. The first kappa shape index (κ1) is 21.5. The molecule has 2 N–H and O–H groups in total. The van der Waals surface area contributed by atoms with Crippen LogP contribution < -0.4 is 0 Å². The number of unbranched alkanes of at least 4 members (excludes halogenated alkanes) is 3. The fourth-order valence-corrected chi connectivity index (χ4v) is 4.43. The Morgan fingerprint density at radius 3 is 2.37 bits per heavy atom. The zero-order valence-corrected chi connectivity index (χ0v) is 17.5. The van der Waals surface area contributed by atoms with Crippen LogP contribution in [0.4, 0.5) is 0 Å². The zero-order chi connectivity index (χ0) is 20.2. The zero-order valence-electron chi connectivity index (χ0n) is 17.5. The molecule has 150 valence electrons. The number of hydrogen-bond acceptors (Lipinski definition) is 3. The number of phenolic OH excluding ortho intramolecular Hbond substituents is 2. The summed E-state index contributed by atoms with van der Waals surface area (Å²) >= 11 is 0. The number of allylic oxidation sites excluding steroid dienone is 1. The molecular weight excluding hydrogens is 336 g/mol. The molecule has 0 radical (unpaired) electrons. The molecule has 0 aliphatic heterocycles. The van der Waals surface area contributed by atoms with Crippen LogP contribution in [0.2, 0.25) is 0 Å². The van der Waals surface area contributed by atoms with E-state index in [2.05, 4.69) is 27.4 Å². The van der Waals surface area contributed by atoms with Crippen LogP contribution in [0.15, 0.2) is 24.3 Å². The first-order chi connectivity index (χ1) is 12.7. The van der Waals surface area contributed by atoms with Crippen LogP contribution >= 0.6 is 0 Å². The van der Waals surface area contributed by atoms with Gasteiger partial charge in [0.15, 0.2) is 0 Å². The smallest absolute Gasteiger partial charge is 0.133 e. The molecule has 1 fully saturated rings. The molecule has 0 spiro atoms. The number of carbonyl (C=O) groups excluding carboxylic acids is 1. The molecule has 0 saturated heterocycles. The average molecular weight is 373 g/mol. The van der Waals surface area contributed by atoms with Crippen molar-refractivity contribution in [3.63, 3.8) is 0 Å². The van der Waals surface area contributed by atoms with Gasteiger partial charge < -0.3 is 10.2 Å². The Morgan fingerprint density at radius 2 is 1.81 bits per heavy atom. The summed E-state index contributed by atoms with van der Waals surface area (Å²) < 4.78 is 0. The van der Waals surface area contributed by atoms with Crippen LogP contribution in [0.25, 0.3) is 0 Å². The van der Waals surface area contributed by atoms with Gasteiger partial charge in [0.25, 0.3) is 0 Å². The number of benzene rings is 1. The van der Waals surface area contributed by atoms with Crippen molar-refractivity contribution in [3.8, 4) is 11.5 Å². The second kappa shape index (κ2) is 8.95. The third-order valence-electron chi connectivity index (χ3n) is 6.24. The molecule has 2 atom stereocenters. The van der Waals surface area contributed by atoms with E-state index in [4.69, 9.17) is 0 Å². The van der Waals surface area contributed by atoms with Crippen LogP contribution in [0.1, 0.15) is 96.1 Å². The van der Waals surface area contributed by atoms with E-state index in [1.165, 1.54) is 19.3 Å². The first-order valence-electron chi connectivity index (χ1n) is 10.4. The lowest BCUT2D eigenvalue weighted by Crippen LogP contribution is -2.24. The first-order valence-corrected chi connectivity index (χ1v) is 10.4. The van der Waals surface area contributed by atoms with Gasteiger partial charge in [-0.2, -0.15) is 0 Å². The van der Waals surface area contributed by atoms with Gasteiger partial charge in [-0.1, -0.05) is 58.6 Å². The summed E-state index contributed by atoms with van der Waals surface area (Å²) in [6.45, 7) is 12.6. The largest absolute Gasteiger partial charge is 0.508 e. The normalized spacial score (nSPS) is 20.7. The Morgan fingerprint density at radius 1 is 1.19 bits per heavy atom. The van der Waals surface area contributed by atoms with Gasteiger partial charge in [-0.3, -0.25) is 4.79 Å². The summed E-state index contributed by atoms with van der Waals surface area (Å²) in [6, 6.07) is 3.59. The van der Waals surface area contributed by atoms with E-state index in [-0.39, 0.29) is 34.5 Å². The fraction of sp³-hybridized carbons (Fsp3) is 0.625. The van der Waals surface area contributed by atoms with Crippen LogP contribution in [0.5, 0.6) is 11.5 Å². The van der Waals surface area contributed by atoms with E-state index in [0.717, 1.165) is 30.4 Å². The van der Waals surface area contributed by atoms with Crippen LogP contribution in [-0.4, -0.2) is 16.0 Å². The van der Waals surface area contributed by atoms with Gasteiger partial charge >= 0.3 is 0 Å². The highest BCUT2D eigenvalue weighted by atomic mass is 16.3. The highest BCUT2D eigenvalue weighted by Gasteiger charge is 2.35. The lowest BCUT2D eigenvalue weighted by atomic mass is 9.71. The van der Waals surface area contributed by atoms with Gasteiger partial charge in [0, 0.05) is 24.3 Å². The predicted octanol–water partition coefficient (Wildman–Crippen LogP) is 6.37. The predicted molar refractivity (Wildman–Crippen MR) is 111 cm³/mol. The molecule has 1 saturated carbocycles. The molecule has 0 amide bonds. The second-order valence-corrected chi connectivity index (χ2v) is 8.96. The molecule has 0 aromatic heterocycles. The van der Waals surface area contributed by atoms with Crippen LogP contribution in [0.3, 0.4) is 0 Å². The van der Waals surface area contributed by atoms with E-state index in [1.807, 2.05) is 6.92 Å². The number of ketones is 1. The minimum Gasteiger partial charge on any atom is -0.508 e. The number of aromatic hydroxyl groups is 2. The molecule has 0 unspecified atom stereocenters. The number of carbonyl (C=O) groups is 1. The van der Waals surface area contributed by atoms with Crippen molar-refractivity contribution in [2.75, 3.05) is 0 Å². The Hall–Kier alpha value is -1.77. The molecule has 1 aliphatic carbocycles. The maximum Gasteiger partial charge on any atom is 0.133 e. The van der Waals surface area contributed by atoms with Crippen molar-refractivity contribution in [1.82, 2.24) is 0 Å². The van der Waals surface area contributed by atoms with Gasteiger partial charge in [-0.05, 0) is 48.8 Å². The Labute approximate surface area is 164 Å². The highest BCUT2D eigenvalue weighted by Crippen LogP contribution is 2.48.